The molecule has 2 atom stereocenters. The number of esters is 1. The van der Waals surface area contributed by atoms with Gasteiger partial charge in [0.25, 0.3) is 0 Å². The number of rotatable bonds is 3. The van der Waals surface area contributed by atoms with E-state index in [0.29, 0.717) is 6.42 Å². The molecule has 0 aromatic rings. The number of allylic oxidation sites excluding steroid dienone is 2. The van der Waals surface area contributed by atoms with Crippen molar-refractivity contribution in [2.75, 3.05) is 0 Å². The molecule has 0 radical (unpaired) electrons. The lowest BCUT2D eigenvalue weighted by Crippen LogP contribution is -2.27. The normalized spacial score (nSPS) is 24.6. The molecular formula is C16H18O4. The summed E-state index contributed by atoms with van der Waals surface area (Å²) < 4.78 is 11.1. The van der Waals surface area contributed by atoms with Crippen molar-refractivity contribution in [3.8, 4) is 0 Å². The van der Waals surface area contributed by atoms with E-state index < -0.39 is 5.41 Å². The molecule has 106 valence electrons. The van der Waals surface area contributed by atoms with Gasteiger partial charge in [-0.25, -0.2) is 0 Å². The zero-order chi connectivity index (χ0) is 14.7. The molecule has 2 bridgehead atoms. The summed E-state index contributed by atoms with van der Waals surface area (Å²) in [6.45, 7) is 7.36. The van der Waals surface area contributed by atoms with E-state index >= 15 is 0 Å². The summed E-state index contributed by atoms with van der Waals surface area (Å²) in [6, 6.07) is 0. The van der Waals surface area contributed by atoms with E-state index in [0.717, 1.165) is 22.5 Å². The highest BCUT2D eigenvalue weighted by molar-refractivity contribution is 6.11. The van der Waals surface area contributed by atoms with Crippen LogP contribution >= 0.6 is 0 Å². The SMILES string of the molecule is CC(CC1=C2C=C3C(=O)C=C1C3O2)OC(=O)C(C)(C)C. The Bertz CT molecular complexity index is 598. The van der Waals surface area contributed by atoms with Crippen LogP contribution in [0.5, 0.6) is 0 Å². The Labute approximate surface area is 118 Å². The van der Waals surface area contributed by atoms with E-state index in [2.05, 4.69) is 0 Å². The van der Waals surface area contributed by atoms with Crippen molar-refractivity contribution in [2.45, 2.75) is 46.3 Å². The third kappa shape index (κ3) is 1.90. The van der Waals surface area contributed by atoms with E-state index in [4.69, 9.17) is 9.47 Å². The molecule has 2 heterocycles. The first-order valence-electron chi connectivity index (χ1n) is 6.86. The van der Waals surface area contributed by atoms with Crippen LogP contribution in [0.2, 0.25) is 0 Å². The maximum absolute atomic E-state index is 11.9. The van der Waals surface area contributed by atoms with Gasteiger partial charge in [0, 0.05) is 23.1 Å². The summed E-state index contributed by atoms with van der Waals surface area (Å²) >= 11 is 0. The number of ketones is 1. The molecule has 3 aliphatic rings. The Hall–Kier alpha value is -1.84. The van der Waals surface area contributed by atoms with Crippen LogP contribution in [0.1, 0.15) is 34.1 Å². The number of carbonyl (C=O) groups excluding carboxylic acids is 2. The predicted molar refractivity (Wildman–Crippen MR) is 72.7 cm³/mol. The molecule has 1 aliphatic carbocycles. The van der Waals surface area contributed by atoms with E-state index in [-0.39, 0.29) is 24.0 Å². The number of hydrogen-bond acceptors (Lipinski definition) is 4. The van der Waals surface area contributed by atoms with E-state index in [1.165, 1.54) is 0 Å². The van der Waals surface area contributed by atoms with Gasteiger partial charge in [-0.1, -0.05) is 0 Å². The minimum Gasteiger partial charge on any atom is -0.481 e. The van der Waals surface area contributed by atoms with Gasteiger partial charge in [-0.2, -0.15) is 0 Å². The smallest absolute Gasteiger partial charge is 0.311 e. The molecule has 0 saturated heterocycles. The molecule has 0 N–H and O–H groups in total. The van der Waals surface area contributed by atoms with Gasteiger partial charge in [0.05, 0.1) is 5.41 Å². The minimum atomic E-state index is -0.507. The van der Waals surface area contributed by atoms with Gasteiger partial charge < -0.3 is 9.47 Å². The molecule has 0 fully saturated rings. The average molecular weight is 274 g/mol. The molecule has 3 rings (SSSR count). The highest BCUT2D eigenvalue weighted by Crippen LogP contribution is 2.47. The molecule has 2 unspecified atom stereocenters. The van der Waals surface area contributed by atoms with Crippen LogP contribution in [0.25, 0.3) is 0 Å². The molecule has 0 spiro atoms. The lowest BCUT2D eigenvalue weighted by Gasteiger charge is -2.21. The van der Waals surface area contributed by atoms with Crippen molar-refractivity contribution in [3.05, 3.63) is 34.6 Å². The van der Waals surface area contributed by atoms with Crippen molar-refractivity contribution in [1.82, 2.24) is 0 Å². The first kappa shape index (κ1) is 13.2. The molecule has 0 aromatic heterocycles. The zero-order valence-electron chi connectivity index (χ0n) is 12.1. The topological polar surface area (TPSA) is 52.6 Å². The van der Waals surface area contributed by atoms with Gasteiger partial charge in [0.2, 0.25) is 0 Å². The Kier molecular flexibility index (Phi) is 2.68. The molecule has 2 aliphatic heterocycles. The quantitative estimate of drug-likeness (QED) is 0.742. The Morgan fingerprint density at radius 1 is 1.35 bits per heavy atom. The summed E-state index contributed by atoms with van der Waals surface area (Å²) in [4.78, 5) is 23.6. The lowest BCUT2D eigenvalue weighted by molar-refractivity contribution is -0.157. The zero-order valence-corrected chi connectivity index (χ0v) is 12.1. The van der Waals surface area contributed by atoms with Crippen LogP contribution in [0.15, 0.2) is 34.6 Å². The summed E-state index contributed by atoms with van der Waals surface area (Å²) in [6.07, 6.45) is 3.60. The van der Waals surface area contributed by atoms with Gasteiger partial charge in [0.15, 0.2) is 11.9 Å². The highest BCUT2D eigenvalue weighted by Gasteiger charge is 2.45. The second-order valence-electron chi connectivity index (χ2n) is 6.57. The fourth-order valence-electron chi connectivity index (χ4n) is 2.63. The summed E-state index contributed by atoms with van der Waals surface area (Å²) in [7, 11) is 0. The molecule has 0 amide bonds. The van der Waals surface area contributed by atoms with Crippen molar-refractivity contribution in [2.24, 2.45) is 5.41 Å². The van der Waals surface area contributed by atoms with Crippen molar-refractivity contribution >= 4 is 11.8 Å². The molecule has 4 nitrogen and oxygen atoms in total. The molecule has 20 heavy (non-hydrogen) atoms. The van der Waals surface area contributed by atoms with Crippen LogP contribution in [0.3, 0.4) is 0 Å². The maximum Gasteiger partial charge on any atom is 0.311 e. The Balaban J connectivity index is 1.71. The van der Waals surface area contributed by atoms with E-state index in [1.54, 1.807) is 6.08 Å². The average Bonchev–Trinajstić information content (AvgIpc) is 2.92. The number of ether oxygens (including phenoxy) is 2. The number of hydrogen-bond donors (Lipinski definition) is 0. The second kappa shape index (κ2) is 4.08. The maximum atomic E-state index is 11.9. The van der Waals surface area contributed by atoms with Gasteiger partial charge in [-0.3, -0.25) is 9.59 Å². The van der Waals surface area contributed by atoms with Gasteiger partial charge in [-0.15, -0.1) is 0 Å². The van der Waals surface area contributed by atoms with Crippen LogP contribution in [-0.2, 0) is 19.1 Å². The van der Waals surface area contributed by atoms with Gasteiger partial charge in [-0.05, 0) is 39.8 Å². The largest absolute Gasteiger partial charge is 0.481 e. The van der Waals surface area contributed by atoms with Crippen molar-refractivity contribution in [1.29, 1.82) is 0 Å². The fraction of sp³-hybridized carbons (Fsp3) is 0.500. The second-order valence-corrected chi connectivity index (χ2v) is 6.57. The third-order valence-electron chi connectivity index (χ3n) is 3.73. The van der Waals surface area contributed by atoms with Crippen LogP contribution < -0.4 is 0 Å². The Morgan fingerprint density at radius 3 is 2.70 bits per heavy atom. The molecule has 0 saturated carbocycles. The van der Waals surface area contributed by atoms with Crippen molar-refractivity contribution in [3.63, 3.8) is 0 Å². The van der Waals surface area contributed by atoms with E-state index in [1.807, 2.05) is 33.8 Å². The first-order chi connectivity index (χ1) is 9.27. The van der Waals surface area contributed by atoms with E-state index in [9.17, 15) is 9.59 Å². The predicted octanol–water partition coefficient (Wildman–Crippen LogP) is 2.46. The molecule has 0 aromatic carbocycles. The van der Waals surface area contributed by atoms with Crippen LogP contribution in [0, 0.1) is 5.41 Å². The van der Waals surface area contributed by atoms with Gasteiger partial charge >= 0.3 is 5.97 Å². The number of carbonyl (C=O) groups is 2. The lowest BCUT2D eigenvalue weighted by atomic mass is 9.94. The monoisotopic (exact) mass is 274 g/mol. The fourth-order valence-corrected chi connectivity index (χ4v) is 2.63. The first-order valence-corrected chi connectivity index (χ1v) is 6.86. The van der Waals surface area contributed by atoms with Crippen LogP contribution in [0.4, 0.5) is 0 Å². The van der Waals surface area contributed by atoms with Crippen molar-refractivity contribution < 1.29 is 19.1 Å². The standard InChI is InChI=1S/C16H18O4/c1-8(19-15(18)16(2,3)4)5-9-10-6-12(17)11-7-13(9)20-14(10)11/h6-8,14H,5H2,1-4H3. The Morgan fingerprint density at radius 2 is 2.05 bits per heavy atom. The van der Waals surface area contributed by atoms with Gasteiger partial charge in [0.1, 0.15) is 11.9 Å². The minimum absolute atomic E-state index is 0.0364. The summed E-state index contributed by atoms with van der Waals surface area (Å²) in [5, 5.41) is 0. The third-order valence-corrected chi connectivity index (χ3v) is 3.73. The number of fused-ring (bicyclic) bond motifs is 1. The molecule has 4 heteroatoms. The summed E-state index contributed by atoms with van der Waals surface area (Å²) in [5.74, 6) is 0.586. The highest BCUT2D eigenvalue weighted by atomic mass is 16.5. The summed E-state index contributed by atoms with van der Waals surface area (Å²) in [5.41, 5.74) is 2.17. The van der Waals surface area contributed by atoms with Crippen LogP contribution in [-0.4, -0.2) is 24.0 Å². The molecular weight excluding hydrogens is 256 g/mol.